The molecule has 76 valence electrons. The van der Waals surface area contributed by atoms with Crippen LogP contribution in [0.15, 0.2) is 30.4 Å². The Morgan fingerprint density at radius 2 is 2.07 bits per heavy atom. The van der Waals surface area contributed by atoms with Crippen LogP contribution in [0.1, 0.15) is 24.5 Å². The topological polar surface area (TPSA) is 9.23 Å². The minimum atomic E-state index is 0.722. The number of rotatable bonds is 4. The lowest BCUT2D eigenvalue weighted by atomic mass is 10.1. The zero-order valence-electron chi connectivity index (χ0n) is 9.26. The molecule has 0 unspecified atom stereocenters. The molecule has 0 bridgehead atoms. The van der Waals surface area contributed by atoms with Crippen LogP contribution in [0.5, 0.6) is 5.75 Å². The summed E-state index contributed by atoms with van der Waals surface area (Å²) in [7, 11) is 0. The molecule has 0 atom stereocenters. The summed E-state index contributed by atoms with van der Waals surface area (Å²) < 4.78 is 5.67. The minimum absolute atomic E-state index is 0.722. The molecular formula is C13H18O. The molecule has 0 radical (unpaired) electrons. The van der Waals surface area contributed by atoms with E-state index in [9.17, 15) is 0 Å². The number of ether oxygens (including phenoxy) is 1. The van der Waals surface area contributed by atoms with Gasteiger partial charge in [-0.2, -0.15) is 0 Å². The highest BCUT2D eigenvalue weighted by atomic mass is 16.5. The van der Waals surface area contributed by atoms with Crippen LogP contribution in [-0.4, -0.2) is 6.61 Å². The van der Waals surface area contributed by atoms with Gasteiger partial charge in [0.2, 0.25) is 0 Å². The average molecular weight is 190 g/mol. The van der Waals surface area contributed by atoms with Crippen LogP contribution in [0.2, 0.25) is 0 Å². The Balaban J connectivity index is 2.59. The molecule has 1 rings (SSSR count). The van der Waals surface area contributed by atoms with Crippen molar-refractivity contribution in [3.63, 3.8) is 0 Å². The van der Waals surface area contributed by atoms with Gasteiger partial charge in [-0.05, 0) is 38.0 Å². The predicted molar refractivity (Wildman–Crippen MR) is 60.8 cm³/mol. The second kappa shape index (κ2) is 4.85. The van der Waals surface area contributed by atoms with Crippen molar-refractivity contribution in [2.24, 2.45) is 0 Å². The quantitative estimate of drug-likeness (QED) is 0.658. The standard InChI is InChI=1S/C13H18O/c1-10(2)8-9-14-13-7-5-6-11(3)12(13)4/h5-7H,1,8-9H2,2-4H3. The van der Waals surface area contributed by atoms with Crippen LogP contribution >= 0.6 is 0 Å². The summed E-state index contributed by atoms with van der Waals surface area (Å²) in [5, 5.41) is 0. The first-order valence-electron chi connectivity index (χ1n) is 4.94. The van der Waals surface area contributed by atoms with Gasteiger partial charge < -0.3 is 4.74 Å². The molecule has 1 heteroatoms. The molecule has 0 amide bonds. The first-order valence-corrected chi connectivity index (χ1v) is 4.94. The van der Waals surface area contributed by atoms with E-state index in [2.05, 4.69) is 26.5 Å². The molecule has 0 spiro atoms. The van der Waals surface area contributed by atoms with Gasteiger partial charge in [0, 0.05) is 6.42 Å². The van der Waals surface area contributed by atoms with Crippen molar-refractivity contribution in [1.82, 2.24) is 0 Å². The fourth-order valence-electron chi connectivity index (χ4n) is 1.22. The lowest BCUT2D eigenvalue weighted by Gasteiger charge is -2.10. The normalized spacial score (nSPS) is 9.93. The van der Waals surface area contributed by atoms with E-state index in [0.717, 1.165) is 24.4 Å². The molecule has 0 saturated heterocycles. The Morgan fingerprint density at radius 3 is 2.71 bits per heavy atom. The highest BCUT2D eigenvalue weighted by molar-refractivity contribution is 5.38. The summed E-state index contributed by atoms with van der Waals surface area (Å²) in [6.45, 7) is 10.8. The zero-order chi connectivity index (χ0) is 10.6. The number of aryl methyl sites for hydroxylation is 1. The van der Waals surface area contributed by atoms with Gasteiger partial charge in [0.25, 0.3) is 0 Å². The largest absolute Gasteiger partial charge is 0.493 e. The highest BCUT2D eigenvalue weighted by Gasteiger charge is 2.00. The van der Waals surface area contributed by atoms with Crippen molar-refractivity contribution < 1.29 is 4.74 Å². The molecular weight excluding hydrogens is 172 g/mol. The molecule has 1 nitrogen and oxygen atoms in total. The lowest BCUT2D eigenvalue weighted by Crippen LogP contribution is -1.99. The maximum atomic E-state index is 5.67. The smallest absolute Gasteiger partial charge is 0.122 e. The van der Waals surface area contributed by atoms with Crippen molar-refractivity contribution >= 4 is 0 Å². The molecule has 14 heavy (non-hydrogen) atoms. The number of benzene rings is 1. The molecule has 0 N–H and O–H groups in total. The van der Waals surface area contributed by atoms with E-state index >= 15 is 0 Å². The maximum absolute atomic E-state index is 5.67. The van der Waals surface area contributed by atoms with Crippen LogP contribution in [0.25, 0.3) is 0 Å². The third kappa shape index (κ3) is 2.91. The van der Waals surface area contributed by atoms with Crippen molar-refractivity contribution in [1.29, 1.82) is 0 Å². The Hall–Kier alpha value is -1.24. The van der Waals surface area contributed by atoms with Crippen molar-refractivity contribution in [2.75, 3.05) is 6.61 Å². The summed E-state index contributed by atoms with van der Waals surface area (Å²) in [4.78, 5) is 0. The van der Waals surface area contributed by atoms with Crippen molar-refractivity contribution in [2.45, 2.75) is 27.2 Å². The van der Waals surface area contributed by atoms with Gasteiger partial charge in [-0.1, -0.05) is 17.7 Å². The number of hydrogen-bond donors (Lipinski definition) is 0. The fourth-order valence-corrected chi connectivity index (χ4v) is 1.22. The minimum Gasteiger partial charge on any atom is -0.493 e. The van der Waals surface area contributed by atoms with Crippen molar-refractivity contribution in [3.05, 3.63) is 41.5 Å². The Labute approximate surface area is 86.4 Å². The van der Waals surface area contributed by atoms with Gasteiger partial charge in [0.15, 0.2) is 0 Å². The Bertz CT molecular complexity index is 326. The third-order valence-corrected chi connectivity index (χ3v) is 2.34. The Kier molecular flexibility index (Phi) is 3.75. The molecule has 0 aromatic heterocycles. The van der Waals surface area contributed by atoms with Gasteiger partial charge >= 0.3 is 0 Å². The van der Waals surface area contributed by atoms with E-state index in [1.165, 1.54) is 11.1 Å². The molecule has 0 aliphatic rings. The predicted octanol–water partition coefficient (Wildman–Crippen LogP) is 3.65. The van der Waals surface area contributed by atoms with E-state index < -0.39 is 0 Å². The van der Waals surface area contributed by atoms with E-state index in [1.54, 1.807) is 0 Å². The average Bonchev–Trinajstić information content (AvgIpc) is 2.12. The van der Waals surface area contributed by atoms with Gasteiger partial charge in [-0.15, -0.1) is 6.58 Å². The van der Waals surface area contributed by atoms with Crippen LogP contribution in [0, 0.1) is 13.8 Å². The van der Waals surface area contributed by atoms with Crippen LogP contribution in [0.3, 0.4) is 0 Å². The molecule has 0 aliphatic carbocycles. The van der Waals surface area contributed by atoms with E-state index in [-0.39, 0.29) is 0 Å². The first-order chi connectivity index (χ1) is 6.61. The molecule has 0 aliphatic heterocycles. The molecule has 1 aromatic rings. The second-order valence-corrected chi connectivity index (χ2v) is 3.75. The monoisotopic (exact) mass is 190 g/mol. The first kappa shape index (κ1) is 10.8. The molecule has 1 aromatic carbocycles. The molecule has 0 heterocycles. The SMILES string of the molecule is C=C(C)CCOc1cccc(C)c1C. The zero-order valence-corrected chi connectivity index (χ0v) is 9.26. The summed E-state index contributed by atoms with van der Waals surface area (Å²) in [5.74, 6) is 0.992. The second-order valence-electron chi connectivity index (χ2n) is 3.75. The van der Waals surface area contributed by atoms with E-state index in [1.807, 2.05) is 19.1 Å². The molecule has 0 fully saturated rings. The maximum Gasteiger partial charge on any atom is 0.122 e. The van der Waals surface area contributed by atoms with Crippen LogP contribution in [0.4, 0.5) is 0 Å². The van der Waals surface area contributed by atoms with E-state index in [4.69, 9.17) is 4.74 Å². The van der Waals surface area contributed by atoms with Gasteiger partial charge in [-0.25, -0.2) is 0 Å². The fraction of sp³-hybridized carbons (Fsp3) is 0.385. The lowest BCUT2D eigenvalue weighted by molar-refractivity contribution is 0.319. The highest BCUT2D eigenvalue weighted by Crippen LogP contribution is 2.20. The Morgan fingerprint density at radius 1 is 1.36 bits per heavy atom. The summed E-state index contributed by atoms with van der Waals surface area (Å²) in [6.07, 6.45) is 0.924. The van der Waals surface area contributed by atoms with Gasteiger partial charge in [-0.3, -0.25) is 0 Å². The molecule has 0 saturated carbocycles. The summed E-state index contributed by atoms with van der Waals surface area (Å²) >= 11 is 0. The number of hydrogen-bond acceptors (Lipinski definition) is 1. The van der Waals surface area contributed by atoms with E-state index in [0.29, 0.717) is 0 Å². The van der Waals surface area contributed by atoms with Crippen LogP contribution in [-0.2, 0) is 0 Å². The van der Waals surface area contributed by atoms with Crippen LogP contribution < -0.4 is 4.74 Å². The van der Waals surface area contributed by atoms with Gasteiger partial charge in [0.05, 0.1) is 6.61 Å². The summed E-state index contributed by atoms with van der Waals surface area (Å²) in [6, 6.07) is 6.14. The van der Waals surface area contributed by atoms with Gasteiger partial charge in [0.1, 0.15) is 5.75 Å². The summed E-state index contributed by atoms with van der Waals surface area (Å²) in [5.41, 5.74) is 3.67. The third-order valence-electron chi connectivity index (χ3n) is 2.34. The van der Waals surface area contributed by atoms with Crippen molar-refractivity contribution in [3.8, 4) is 5.75 Å².